The Hall–Kier alpha value is -2.13. The van der Waals surface area contributed by atoms with E-state index in [1.54, 1.807) is 0 Å². The maximum absolute atomic E-state index is 13.2. The highest BCUT2D eigenvalue weighted by atomic mass is 32.2. The minimum Gasteiger partial charge on any atom is -0.466 e. The smallest absolute Gasteiger partial charge is 0.306 e. The number of carbonyl (C=O) groups is 2. The summed E-state index contributed by atoms with van der Waals surface area (Å²) in [7, 11) is -0.159. The molecule has 3 fully saturated rings. The third kappa shape index (κ3) is 22.7. The van der Waals surface area contributed by atoms with Crippen LogP contribution in [-0.2, 0) is 23.5 Å². The molecule has 0 aliphatic heterocycles. The Morgan fingerprint density at radius 2 is 1.12 bits per heavy atom. The first-order chi connectivity index (χ1) is 36.0. The van der Waals surface area contributed by atoms with Crippen molar-refractivity contribution in [3.8, 4) is 0 Å². The van der Waals surface area contributed by atoms with E-state index in [0.29, 0.717) is 42.6 Å². The highest BCUT2D eigenvalue weighted by Gasteiger charge is 2.50. The van der Waals surface area contributed by atoms with Gasteiger partial charge in [0.25, 0.3) is 8.32 Å². The van der Waals surface area contributed by atoms with Crippen molar-refractivity contribution in [3.05, 3.63) is 60.7 Å². The van der Waals surface area contributed by atoms with E-state index in [9.17, 15) is 9.59 Å². The molecule has 3 saturated carbocycles. The van der Waals surface area contributed by atoms with Crippen LogP contribution in [0.3, 0.4) is 0 Å². The van der Waals surface area contributed by atoms with Crippen molar-refractivity contribution in [1.82, 2.24) is 4.90 Å². The predicted molar refractivity (Wildman–Crippen MR) is 319 cm³/mol. The third-order valence-electron chi connectivity index (χ3n) is 18.0. The van der Waals surface area contributed by atoms with Crippen LogP contribution in [0.25, 0.3) is 0 Å². The van der Waals surface area contributed by atoms with Crippen LogP contribution >= 0.6 is 11.8 Å². The van der Waals surface area contributed by atoms with Gasteiger partial charge in [0.05, 0.1) is 6.61 Å². The van der Waals surface area contributed by atoms with Crippen molar-refractivity contribution in [2.45, 2.75) is 275 Å². The topological polar surface area (TPSA) is 65.1 Å². The van der Waals surface area contributed by atoms with Crippen molar-refractivity contribution in [1.29, 1.82) is 0 Å². The molecule has 0 N–H and O–H groups in total. The monoisotopic (exact) mass is 1060 g/mol. The maximum atomic E-state index is 13.2. The molecule has 2 aromatic rings. The lowest BCUT2D eigenvalue weighted by molar-refractivity contribution is -0.150. The Morgan fingerprint density at radius 3 is 1.68 bits per heavy atom. The van der Waals surface area contributed by atoms with Crippen LogP contribution in [0.15, 0.2) is 60.7 Å². The number of unbranched alkanes of at least 4 members (excludes halogenated alkanes) is 5. The summed E-state index contributed by atoms with van der Waals surface area (Å²) in [5.41, 5.74) is 0. The maximum Gasteiger partial charge on any atom is 0.306 e. The summed E-state index contributed by atoms with van der Waals surface area (Å²) in [4.78, 5) is 28.9. The normalized spacial score (nSPS) is 19.6. The zero-order valence-corrected chi connectivity index (χ0v) is 50.4. The molecule has 0 amide bonds. The fraction of sp³-hybridized carbons (Fsp3) is 0.788. The Morgan fingerprint density at radius 1 is 0.595 bits per heavy atom. The van der Waals surface area contributed by atoms with E-state index in [-0.39, 0.29) is 23.1 Å². The standard InChI is InChI=1S/C66H111NO5SSi/c1-7-9-15-29-57(49-53-70-64(68)47-43-55-31-17-11-18-32-55)41-45-59(67(6)51-27-28-52-71-74(66(3,4)5,60-35-21-13-22-36-60)61-37-23-14-24-38-61)46-42-58(30-16-10-8-2)50-54-73-63-40-26-25-39-62(63)72-65(69)48-44-56-33-19-12-20-34-56/h13-14,21-24,35-38,55-59,62-63H,7-12,15-20,25-34,39-54H2,1-6H3/t57?,58?,59?,62-,63-/m1/s1. The highest BCUT2D eigenvalue weighted by Crippen LogP contribution is 2.38. The summed E-state index contributed by atoms with van der Waals surface area (Å²) in [6.07, 6.45) is 40.7. The highest BCUT2D eigenvalue weighted by molar-refractivity contribution is 7.99. The number of esters is 2. The van der Waals surface area contributed by atoms with Gasteiger partial charge in [-0.05, 0) is 142 Å². The van der Waals surface area contributed by atoms with Crippen LogP contribution in [-0.4, -0.2) is 75.1 Å². The molecule has 5 rings (SSSR count). The van der Waals surface area contributed by atoms with Gasteiger partial charge in [-0.1, -0.05) is 217 Å². The second-order valence-electron chi connectivity index (χ2n) is 24.8. The zero-order valence-electron chi connectivity index (χ0n) is 48.6. The van der Waals surface area contributed by atoms with Crippen LogP contribution in [0.2, 0.25) is 5.04 Å². The van der Waals surface area contributed by atoms with Gasteiger partial charge >= 0.3 is 11.9 Å². The molecule has 5 atom stereocenters. The molecular weight excluding hydrogens is 947 g/mol. The summed E-state index contributed by atoms with van der Waals surface area (Å²) >= 11 is 2.13. The van der Waals surface area contributed by atoms with E-state index >= 15 is 0 Å². The number of hydrogen-bond acceptors (Lipinski definition) is 7. The second-order valence-corrected chi connectivity index (χ2v) is 30.5. The summed E-state index contributed by atoms with van der Waals surface area (Å²) in [5.74, 6) is 4.00. The first kappa shape index (κ1) is 62.7. The quantitative estimate of drug-likeness (QED) is 0.0379. The number of nitrogens with zero attached hydrogens (tertiary/aromatic N) is 1. The Kier molecular flexibility index (Phi) is 30.6. The largest absolute Gasteiger partial charge is 0.466 e. The number of benzene rings is 2. The van der Waals surface area contributed by atoms with E-state index < -0.39 is 8.32 Å². The first-order valence-electron chi connectivity index (χ1n) is 31.4. The molecule has 3 aliphatic rings. The van der Waals surface area contributed by atoms with E-state index in [4.69, 9.17) is 13.9 Å². The van der Waals surface area contributed by atoms with Crippen molar-refractivity contribution in [3.63, 3.8) is 0 Å². The molecule has 8 heteroatoms. The Labute approximate surface area is 460 Å². The molecule has 0 saturated heterocycles. The summed E-state index contributed by atoms with van der Waals surface area (Å²) < 4.78 is 19.6. The fourth-order valence-electron chi connectivity index (χ4n) is 13.3. The van der Waals surface area contributed by atoms with Gasteiger partial charge in [0.15, 0.2) is 0 Å². The molecule has 0 radical (unpaired) electrons. The lowest BCUT2D eigenvalue weighted by Gasteiger charge is -2.43. The van der Waals surface area contributed by atoms with Gasteiger partial charge in [-0.25, -0.2) is 0 Å². The van der Waals surface area contributed by atoms with Gasteiger partial charge in [-0.3, -0.25) is 9.59 Å². The second kappa shape index (κ2) is 36.1. The molecule has 0 bridgehead atoms. The summed E-state index contributed by atoms with van der Waals surface area (Å²) in [5, 5.41) is 3.13. The van der Waals surface area contributed by atoms with E-state index in [2.05, 4.69) is 119 Å². The van der Waals surface area contributed by atoms with Gasteiger partial charge in [0.2, 0.25) is 0 Å². The molecule has 2 aromatic carbocycles. The number of thioether (sulfide) groups is 1. The molecule has 3 unspecified atom stereocenters. The number of hydrogen-bond donors (Lipinski definition) is 0. The van der Waals surface area contributed by atoms with Gasteiger partial charge in [0, 0.05) is 30.7 Å². The molecule has 74 heavy (non-hydrogen) atoms. The SMILES string of the molecule is CCCCCC(CCOC(=O)CCC1CCCCC1)CCC(CCC(CCCCC)CCS[C@@H]1CCCC[C@H]1OC(=O)CCC1CCCCC1)N(C)CCCCO[Si](c1ccccc1)(c1ccccc1)C(C)(C)C. The predicted octanol–water partition coefficient (Wildman–Crippen LogP) is 17.2. The molecule has 420 valence electrons. The minimum absolute atomic E-state index is 0.0244. The van der Waals surface area contributed by atoms with Crippen LogP contribution < -0.4 is 10.4 Å². The van der Waals surface area contributed by atoms with Crippen molar-refractivity contribution < 1.29 is 23.5 Å². The molecule has 6 nitrogen and oxygen atoms in total. The zero-order chi connectivity index (χ0) is 52.7. The minimum atomic E-state index is -2.57. The van der Waals surface area contributed by atoms with Crippen molar-refractivity contribution in [2.24, 2.45) is 23.7 Å². The lowest BCUT2D eigenvalue weighted by atomic mass is 9.86. The van der Waals surface area contributed by atoms with Gasteiger partial charge in [-0.15, -0.1) is 0 Å². The Balaban J connectivity index is 1.21. The first-order valence-corrected chi connectivity index (χ1v) is 34.4. The summed E-state index contributed by atoms with van der Waals surface area (Å²) in [6, 6.07) is 22.7. The Bertz CT molecular complexity index is 1700. The molecular formula is C66H111NO5SSi. The lowest BCUT2D eigenvalue weighted by Crippen LogP contribution is -2.66. The van der Waals surface area contributed by atoms with Gasteiger partial charge in [-0.2, -0.15) is 11.8 Å². The molecule has 3 aliphatic carbocycles. The average molecular weight is 1060 g/mol. The number of ether oxygens (including phenoxy) is 2. The van der Waals surface area contributed by atoms with Crippen molar-refractivity contribution in [2.75, 3.05) is 32.6 Å². The number of rotatable bonds is 37. The molecule has 0 spiro atoms. The average Bonchev–Trinajstić information content (AvgIpc) is 3.41. The summed E-state index contributed by atoms with van der Waals surface area (Å²) in [6.45, 7) is 14.2. The van der Waals surface area contributed by atoms with Crippen LogP contribution in [0.5, 0.6) is 0 Å². The van der Waals surface area contributed by atoms with Gasteiger partial charge < -0.3 is 18.8 Å². The number of carbonyl (C=O) groups excluding carboxylic acids is 2. The van der Waals surface area contributed by atoms with Crippen LogP contribution in [0.1, 0.15) is 253 Å². The van der Waals surface area contributed by atoms with E-state index in [1.165, 1.54) is 183 Å². The third-order valence-corrected chi connectivity index (χ3v) is 24.5. The molecule has 0 heterocycles. The van der Waals surface area contributed by atoms with E-state index in [1.807, 2.05) is 0 Å². The van der Waals surface area contributed by atoms with E-state index in [0.717, 1.165) is 63.5 Å². The fourth-order valence-corrected chi connectivity index (χ4v) is 19.4. The van der Waals surface area contributed by atoms with Gasteiger partial charge in [0.1, 0.15) is 6.10 Å². The van der Waals surface area contributed by atoms with Crippen LogP contribution in [0, 0.1) is 23.7 Å². The van der Waals surface area contributed by atoms with Crippen LogP contribution in [0.4, 0.5) is 0 Å². The molecule has 0 aromatic heterocycles. The van der Waals surface area contributed by atoms with Crippen molar-refractivity contribution >= 4 is 42.4 Å².